The zero-order valence-corrected chi connectivity index (χ0v) is 18.2. The molecule has 0 atom stereocenters. The summed E-state index contributed by atoms with van der Waals surface area (Å²) in [6.45, 7) is -0.0156. The maximum absolute atomic E-state index is 12.7. The Hall–Kier alpha value is -4.55. The summed E-state index contributed by atoms with van der Waals surface area (Å²) in [5.41, 5.74) is 2.08. The van der Waals surface area contributed by atoms with Crippen LogP contribution in [0.15, 0.2) is 59.6 Å². The zero-order chi connectivity index (χ0) is 24.4. The fourth-order valence-corrected chi connectivity index (χ4v) is 3.32. The molecule has 0 amide bonds. The molecule has 0 bridgehead atoms. The standard InChI is InChI=1S/C22H17F3N8O2/c1-33-17(11-34-19-7-6-15(9-26-19)22(23,24)25)16(10-29-33)21-30-20(32-35-21)14-4-2-13(3-5-14)8-18-27-12-28-31-18/h2-7,9-10,12H,8,11H2,1H3,(H,27,28,31). The van der Waals surface area contributed by atoms with Gasteiger partial charge in [0, 0.05) is 31.3 Å². The van der Waals surface area contributed by atoms with Crippen molar-refractivity contribution in [3.8, 4) is 28.7 Å². The minimum Gasteiger partial charge on any atom is -0.471 e. The fourth-order valence-electron chi connectivity index (χ4n) is 3.32. The van der Waals surface area contributed by atoms with Gasteiger partial charge in [-0.1, -0.05) is 29.4 Å². The molecule has 0 unspecified atom stereocenters. The summed E-state index contributed by atoms with van der Waals surface area (Å²) >= 11 is 0. The summed E-state index contributed by atoms with van der Waals surface area (Å²) in [4.78, 5) is 12.3. The Labute approximate surface area is 195 Å². The van der Waals surface area contributed by atoms with Crippen LogP contribution in [0.2, 0.25) is 0 Å². The molecule has 4 aromatic heterocycles. The van der Waals surface area contributed by atoms with Crippen LogP contribution in [0, 0.1) is 0 Å². The van der Waals surface area contributed by atoms with E-state index in [1.807, 2.05) is 24.3 Å². The quantitative estimate of drug-likeness (QED) is 0.372. The van der Waals surface area contributed by atoms with Crippen molar-refractivity contribution in [3.63, 3.8) is 0 Å². The molecular weight excluding hydrogens is 465 g/mol. The van der Waals surface area contributed by atoms with E-state index in [-0.39, 0.29) is 18.4 Å². The van der Waals surface area contributed by atoms with Crippen LogP contribution >= 0.6 is 0 Å². The lowest BCUT2D eigenvalue weighted by atomic mass is 10.1. The van der Waals surface area contributed by atoms with Crippen molar-refractivity contribution in [2.24, 2.45) is 7.05 Å². The zero-order valence-electron chi connectivity index (χ0n) is 18.2. The number of benzene rings is 1. The van der Waals surface area contributed by atoms with Crippen molar-refractivity contribution >= 4 is 0 Å². The highest BCUT2D eigenvalue weighted by Gasteiger charge is 2.30. The Morgan fingerprint density at radius 3 is 2.57 bits per heavy atom. The average Bonchev–Trinajstić information content (AvgIpc) is 3.60. The lowest BCUT2D eigenvalue weighted by molar-refractivity contribution is -0.137. The second kappa shape index (κ2) is 9.00. The molecule has 0 aliphatic carbocycles. The third kappa shape index (κ3) is 4.88. The number of nitrogens with one attached hydrogen (secondary N) is 1. The van der Waals surface area contributed by atoms with E-state index >= 15 is 0 Å². The first-order valence-corrected chi connectivity index (χ1v) is 10.3. The predicted molar refractivity (Wildman–Crippen MR) is 115 cm³/mol. The average molecular weight is 482 g/mol. The van der Waals surface area contributed by atoms with Crippen molar-refractivity contribution < 1.29 is 22.4 Å². The molecule has 1 aromatic carbocycles. The minimum absolute atomic E-state index is 0.0156. The first-order chi connectivity index (χ1) is 16.9. The number of nitrogens with zero attached hydrogens (tertiary/aromatic N) is 7. The normalized spacial score (nSPS) is 11.7. The van der Waals surface area contributed by atoms with E-state index < -0.39 is 11.7 Å². The Morgan fingerprint density at radius 2 is 1.89 bits per heavy atom. The Bertz CT molecular complexity index is 1410. The first-order valence-electron chi connectivity index (χ1n) is 10.3. The molecule has 0 aliphatic rings. The second-order valence-corrected chi connectivity index (χ2v) is 7.53. The smallest absolute Gasteiger partial charge is 0.417 e. The maximum atomic E-state index is 12.7. The lowest BCUT2D eigenvalue weighted by Gasteiger charge is -2.09. The molecule has 0 spiro atoms. The van der Waals surface area contributed by atoms with Gasteiger partial charge in [-0.15, -0.1) is 0 Å². The number of H-pyrrole nitrogens is 1. The molecule has 0 saturated carbocycles. The van der Waals surface area contributed by atoms with Crippen molar-refractivity contribution in [3.05, 3.63) is 77.8 Å². The molecular formula is C22H17F3N8O2. The molecule has 0 aliphatic heterocycles. The first kappa shape index (κ1) is 22.3. The van der Waals surface area contributed by atoms with Crippen LogP contribution in [-0.2, 0) is 26.3 Å². The summed E-state index contributed by atoms with van der Waals surface area (Å²) in [5, 5.41) is 14.9. The maximum Gasteiger partial charge on any atom is 0.417 e. The van der Waals surface area contributed by atoms with Gasteiger partial charge in [0.25, 0.3) is 5.89 Å². The summed E-state index contributed by atoms with van der Waals surface area (Å²) in [7, 11) is 1.70. The van der Waals surface area contributed by atoms with Gasteiger partial charge in [0.15, 0.2) is 0 Å². The number of rotatable bonds is 7. The molecule has 178 valence electrons. The predicted octanol–water partition coefficient (Wildman–Crippen LogP) is 3.84. The molecule has 4 heterocycles. The number of aryl methyl sites for hydroxylation is 1. The second-order valence-electron chi connectivity index (χ2n) is 7.53. The van der Waals surface area contributed by atoms with Crippen LogP contribution in [0.5, 0.6) is 5.88 Å². The number of aromatic nitrogens is 8. The van der Waals surface area contributed by atoms with Crippen LogP contribution < -0.4 is 4.74 Å². The lowest BCUT2D eigenvalue weighted by Crippen LogP contribution is -2.07. The number of hydrogen-bond donors (Lipinski definition) is 1. The third-order valence-electron chi connectivity index (χ3n) is 5.19. The number of aromatic amines is 1. The van der Waals surface area contributed by atoms with E-state index in [0.29, 0.717) is 23.5 Å². The third-order valence-corrected chi connectivity index (χ3v) is 5.19. The van der Waals surface area contributed by atoms with Gasteiger partial charge in [0.2, 0.25) is 11.7 Å². The molecule has 0 radical (unpaired) electrons. The fraction of sp³-hybridized carbons (Fsp3) is 0.182. The van der Waals surface area contributed by atoms with Gasteiger partial charge in [0.1, 0.15) is 18.8 Å². The van der Waals surface area contributed by atoms with Crippen LogP contribution in [0.1, 0.15) is 22.6 Å². The number of hydrogen-bond acceptors (Lipinski definition) is 8. The Balaban J connectivity index is 1.30. The van der Waals surface area contributed by atoms with E-state index in [9.17, 15) is 13.2 Å². The monoisotopic (exact) mass is 482 g/mol. The van der Waals surface area contributed by atoms with Crippen LogP contribution in [0.3, 0.4) is 0 Å². The van der Waals surface area contributed by atoms with E-state index in [2.05, 4.69) is 35.4 Å². The van der Waals surface area contributed by atoms with Crippen molar-refractivity contribution in [1.29, 1.82) is 0 Å². The molecule has 0 fully saturated rings. The highest BCUT2D eigenvalue weighted by atomic mass is 19.4. The van der Waals surface area contributed by atoms with Gasteiger partial charge in [0.05, 0.1) is 23.0 Å². The van der Waals surface area contributed by atoms with Gasteiger partial charge in [-0.05, 0) is 11.6 Å². The topological polar surface area (TPSA) is 120 Å². The highest BCUT2D eigenvalue weighted by Crippen LogP contribution is 2.30. The van der Waals surface area contributed by atoms with Crippen LogP contribution in [-0.4, -0.2) is 40.1 Å². The highest BCUT2D eigenvalue weighted by molar-refractivity contribution is 5.61. The number of alkyl halides is 3. The van der Waals surface area contributed by atoms with E-state index in [1.54, 1.807) is 17.9 Å². The van der Waals surface area contributed by atoms with Crippen LogP contribution in [0.4, 0.5) is 13.2 Å². The summed E-state index contributed by atoms with van der Waals surface area (Å²) < 4.78 is 50.7. The van der Waals surface area contributed by atoms with Gasteiger partial charge in [-0.2, -0.15) is 28.4 Å². The molecule has 13 heteroatoms. The molecule has 35 heavy (non-hydrogen) atoms. The summed E-state index contributed by atoms with van der Waals surface area (Å²) in [6, 6.07) is 9.71. The number of pyridine rings is 1. The van der Waals surface area contributed by atoms with Crippen LogP contribution in [0.25, 0.3) is 22.8 Å². The molecule has 1 N–H and O–H groups in total. The van der Waals surface area contributed by atoms with E-state index in [0.717, 1.165) is 35.3 Å². The van der Waals surface area contributed by atoms with Crippen molar-refractivity contribution in [2.75, 3.05) is 0 Å². The minimum atomic E-state index is -4.46. The Morgan fingerprint density at radius 1 is 1.06 bits per heavy atom. The SMILES string of the molecule is Cn1ncc(-c2nc(-c3ccc(Cc4ncn[nH]4)cc3)no2)c1COc1ccc(C(F)(F)F)cn1. The Kier molecular flexibility index (Phi) is 5.73. The molecule has 0 saturated heterocycles. The molecule has 5 rings (SSSR count). The van der Waals surface area contributed by atoms with Crippen molar-refractivity contribution in [2.45, 2.75) is 19.2 Å². The number of ether oxygens (including phenoxy) is 1. The van der Waals surface area contributed by atoms with Crippen molar-refractivity contribution in [1.82, 2.24) is 40.1 Å². The van der Waals surface area contributed by atoms with E-state index in [1.165, 1.54) is 6.33 Å². The van der Waals surface area contributed by atoms with Gasteiger partial charge in [-0.3, -0.25) is 9.78 Å². The molecule has 5 aromatic rings. The molecule has 10 nitrogen and oxygen atoms in total. The largest absolute Gasteiger partial charge is 0.471 e. The van der Waals surface area contributed by atoms with Gasteiger partial charge in [-0.25, -0.2) is 9.97 Å². The van der Waals surface area contributed by atoms with E-state index in [4.69, 9.17) is 9.26 Å². The summed E-state index contributed by atoms with van der Waals surface area (Å²) in [6.07, 6.45) is -0.113. The summed E-state index contributed by atoms with van der Waals surface area (Å²) in [5.74, 6) is 1.43. The van der Waals surface area contributed by atoms with Gasteiger partial charge < -0.3 is 9.26 Å². The number of halogens is 3. The van der Waals surface area contributed by atoms with Gasteiger partial charge >= 0.3 is 6.18 Å².